The SMILES string of the molecule is CCCCCCCCCCCCCC[C@@H](O)[C@@H](O)[C@H](CO)NC(=O)CCCCCCCCCCSCCCCCCCCSCCCCCCCCCCC(=O)N[C@@H](CO)[C@H](O)[C@H](O)CCCCCCCCCCCCCC. The topological polar surface area (TPSA) is 180 Å². The molecule has 0 aromatic heterocycles. The summed E-state index contributed by atoms with van der Waals surface area (Å²) >= 11 is 4.26. The minimum absolute atomic E-state index is 0.154. The zero-order chi connectivity index (χ0) is 57.0. The second kappa shape index (κ2) is 62.4. The zero-order valence-electron chi connectivity index (χ0n) is 51.4. The minimum atomic E-state index is -1.15. The minimum Gasteiger partial charge on any atom is -0.394 e. The highest BCUT2D eigenvalue weighted by Crippen LogP contribution is 2.20. The molecule has 0 rings (SSSR count). The van der Waals surface area contributed by atoms with Crippen molar-refractivity contribution < 1.29 is 40.2 Å². The van der Waals surface area contributed by atoms with Gasteiger partial charge in [0.05, 0.1) is 37.5 Å². The number of amides is 2. The average molecular weight is 1150 g/mol. The van der Waals surface area contributed by atoms with E-state index in [2.05, 4.69) is 48.0 Å². The predicted molar refractivity (Wildman–Crippen MR) is 339 cm³/mol. The molecule has 0 aliphatic rings. The van der Waals surface area contributed by atoms with Crippen LogP contribution >= 0.6 is 23.5 Å². The van der Waals surface area contributed by atoms with Crippen molar-refractivity contribution >= 4 is 35.3 Å². The van der Waals surface area contributed by atoms with Crippen LogP contribution in [-0.4, -0.2) is 115 Å². The Morgan fingerprint density at radius 2 is 0.513 bits per heavy atom. The molecule has 0 aromatic carbocycles. The zero-order valence-corrected chi connectivity index (χ0v) is 53.0. The van der Waals surface area contributed by atoms with E-state index in [-0.39, 0.29) is 25.0 Å². The first-order valence-corrected chi connectivity index (χ1v) is 36.2. The van der Waals surface area contributed by atoms with Crippen molar-refractivity contribution in [3.8, 4) is 0 Å². The molecule has 6 atom stereocenters. The quantitative estimate of drug-likeness (QED) is 0.0273. The maximum Gasteiger partial charge on any atom is 0.220 e. The van der Waals surface area contributed by atoms with Gasteiger partial charge in [-0.05, 0) is 74.4 Å². The standard InChI is InChI=1S/C66H132N2O8S2/c1-3-5-7-9-11-13-15-17-19-25-33-41-49-61(71)65(75)59(57-69)67-63(73)51-43-35-27-21-23-29-37-45-53-77-55-47-39-31-32-40-48-56-78-54-46-38-30-24-22-28-36-44-52-64(74)68-60(58-70)66(76)62(72)50-42-34-26-20-18-16-14-12-10-8-6-4-2/h59-62,65-66,69-72,75-76H,3-58H2,1-2H3,(H,67,73)(H,68,74)/t59-,60-,61+,62+,65-,66-/m0/s1. The Morgan fingerprint density at radius 3 is 0.744 bits per heavy atom. The van der Waals surface area contributed by atoms with Crippen LogP contribution in [-0.2, 0) is 9.59 Å². The average Bonchev–Trinajstić information content (AvgIpc) is 3.44. The summed E-state index contributed by atoms with van der Waals surface area (Å²) in [6.45, 7) is 3.76. The van der Waals surface area contributed by atoms with Gasteiger partial charge in [-0.15, -0.1) is 0 Å². The molecule has 0 saturated carbocycles. The van der Waals surface area contributed by atoms with Gasteiger partial charge in [0, 0.05) is 12.8 Å². The summed E-state index contributed by atoms with van der Waals surface area (Å²) in [6, 6.07) is -1.64. The molecule has 78 heavy (non-hydrogen) atoms. The van der Waals surface area contributed by atoms with E-state index >= 15 is 0 Å². The number of unbranched alkanes of at least 4 members (excludes halogenated alkanes) is 41. The van der Waals surface area contributed by atoms with Crippen molar-refractivity contribution in [2.24, 2.45) is 0 Å². The van der Waals surface area contributed by atoms with Gasteiger partial charge in [-0.1, -0.05) is 271 Å². The first kappa shape index (κ1) is 77.4. The molecule has 0 saturated heterocycles. The van der Waals surface area contributed by atoms with Gasteiger partial charge in [0.25, 0.3) is 0 Å². The third kappa shape index (κ3) is 53.4. The Balaban J connectivity index is 3.52. The number of aliphatic hydroxyl groups excluding tert-OH is 6. The highest BCUT2D eigenvalue weighted by molar-refractivity contribution is 7.99. The largest absolute Gasteiger partial charge is 0.394 e. The second-order valence-electron chi connectivity index (χ2n) is 23.7. The Labute approximate surface area is 491 Å². The highest BCUT2D eigenvalue weighted by atomic mass is 32.2. The molecular formula is C66H132N2O8S2. The van der Waals surface area contributed by atoms with Gasteiger partial charge in [0.1, 0.15) is 12.2 Å². The maximum absolute atomic E-state index is 12.5. The Hall–Kier alpha value is -0.600. The highest BCUT2D eigenvalue weighted by Gasteiger charge is 2.28. The molecule has 0 aliphatic carbocycles. The molecule has 466 valence electrons. The number of aliphatic hydroxyl groups is 6. The van der Waals surface area contributed by atoms with E-state index < -0.39 is 36.5 Å². The van der Waals surface area contributed by atoms with Crippen LogP contribution < -0.4 is 10.6 Å². The van der Waals surface area contributed by atoms with Gasteiger partial charge < -0.3 is 41.3 Å². The molecule has 10 nitrogen and oxygen atoms in total. The van der Waals surface area contributed by atoms with Crippen LogP contribution in [0.3, 0.4) is 0 Å². The first-order valence-electron chi connectivity index (χ1n) is 33.9. The van der Waals surface area contributed by atoms with Crippen LogP contribution in [0.4, 0.5) is 0 Å². The normalized spacial score (nSPS) is 14.1. The van der Waals surface area contributed by atoms with Crippen LogP contribution in [0.1, 0.15) is 335 Å². The summed E-state index contributed by atoms with van der Waals surface area (Å²) in [5, 5.41) is 67.4. The third-order valence-corrected chi connectivity index (χ3v) is 18.4. The molecule has 0 fully saturated rings. The van der Waals surface area contributed by atoms with Crippen molar-refractivity contribution in [1.82, 2.24) is 10.6 Å². The van der Waals surface area contributed by atoms with E-state index in [1.807, 2.05) is 0 Å². The second-order valence-corrected chi connectivity index (χ2v) is 26.1. The monoisotopic (exact) mass is 1140 g/mol. The number of hydrogen-bond acceptors (Lipinski definition) is 10. The molecule has 0 unspecified atom stereocenters. The van der Waals surface area contributed by atoms with Crippen LogP contribution in [0.2, 0.25) is 0 Å². The summed E-state index contributed by atoms with van der Waals surface area (Å²) in [5.74, 6) is 4.85. The van der Waals surface area contributed by atoms with Crippen LogP contribution in [0.15, 0.2) is 0 Å². The van der Waals surface area contributed by atoms with E-state index in [0.29, 0.717) is 25.7 Å². The molecule has 12 heteroatoms. The fourth-order valence-corrected chi connectivity index (χ4v) is 12.8. The van der Waals surface area contributed by atoms with E-state index in [1.54, 1.807) is 0 Å². The number of carbonyl (C=O) groups excluding carboxylic acids is 2. The summed E-state index contributed by atoms with van der Waals surface area (Å²) < 4.78 is 0. The lowest BCUT2D eigenvalue weighted by Gasteiger charge is -2.26. The van der Waals surface area contributed by atoms with E-state index in [4.69, 9.17) is 0 Å². The van der Waals surface area contributed by atoms with Gasteiger partial charge in [-0.2, -0.15) is 23.5 Å². The molecule has 0 heterocycles. The lowest BCUT2D eigenvalue weighted by molar-refractivity contribution is -0.125. The van der Waals surface area contributed by atoms with Gasteiger partial charge >= 0.3 is 0 Å². The van der Waals surface area contributed by atoms with E-state index in [1.165, 1.54) is 241 Å². The summed E-state index contributed by atoms with van der Waals surface area (Å²) in [5.41, 5.74) is 0. The molecule has 0 aromatic rings. The smallest absolute Gasteiger partial charge is 0.220 e. The third-order valence-electron chi connectivity index (χ3n) is 16.1. The van der Waals surface area contributed by atoms with Crippen LogP contribution in [0.5, 0.6) is 0 Å². The lowest BCUT2D eigenvalue weighted by atomic mass is 9.99. The molecular weight excluding hydrogens is 1010 g/mol. The van der Waals surface area contributed by atoms with Crippen molar-refractivity contribution in [3.63, 3.8) is 0 Å². The Morgan fingerprint density at radius 1 is 0.308 bits per heavy atom. The molecule has 0 spiro atoms. The maximum atomic E-state index is 12.5. The van der Waals surface area contributed by atoms with Crippen molar-refractivity contribution in [1.29, 1.82) is 0 Å². The molecule has 0 bridgehead atoms. The van der Waals surface area contributed by atoms with Crippen molar-refractivity contribution in [2.45, 2.75) is 371 Å². The number of thioether (sulfide) groups is 2. The fraction of sp³-hybridized carbons (Fsp3) is 0.970. The van der Waals surface area contributed by atoms with E-state index in [0.717, 1.165) is 77.0 Å². The first-order chi connectivity index (χ1) is 38.2. The Kier molecular flexibility index (Phi) is 62.0. The van der Waals surface area contributed by atoms with Gasteiger partial charge in [-0.3, -0.25) is 9.59 Å². The number of nitrogens with one attached hydrogen (secondary N) is 2. The van der Waals surface area contributed by atoms with Crippen LogP contribution in [0, 0.1) is 0 Å². The van der Waals surface area contributed by atoms with Crippen LogP contribution in [0.25, 0.3) is 0 Å². The summed E-state index contributed by atoms with van der Waals surface area (Å²) in [7, 11) is 0. The number of rotatable bonds is 65. The Bertz CT molecular complexity index is 1130. The van der Waals surface area contributed by atoms with Crippen molar-refractivity contribution in [2.75, 3.05) is 36.2 Å². The van der Waals surface area contributed by atoms with Gasteiger partial charge in [0.2, 0.25) is 11.8 Å². The summed E-state index contributed by atoms with van der Waals surface area (Å²) in [4.78, 5) is 25.0. The predicted octanol–water partition coefficient (Wildman–Crippen LogP) is 16.4. The number of carbonyl (C=O) groups is 2. The molecule has 0 aliphatic heterocycles. The number of hydrogen-bond donors (Lipinski definition) is 8. The van der Waals surface area contributed by atoms with Gasteiger partial charge in [0.15, 0.2) is 0 Å². The van der Waals surface area contributed by atoms with E-state index in [9.17, 15) is 40.2 Å². The molecule has 8 N–H and O–H groups in total. The summed E-state index contributed by atoms with van der Waals surface area (Å²) in [6.07, 6.45) is 54.4. The molecule has 2 amide bonds. The lowest BCUT2D eigenvalue weighted by Crippen LogP contribution is -2.50. The van der Waals surface area contributed by atoms with Gasteiger partial charge in [-0.25, -0.2) is 0 Å². The fourth-order valence-electron chi connectivity index (χ4n) is 10.7. The van der Waals surface area contributed by atoms with Crippen molar-refractivity contribution in [3.05, 3.63) is 0 Å². The molecule has 0 radical (unpaired) electrons.